The van der Waals surface area contributed by atoms with Crippen LogP contribution in [0.5, 0.6) is 0 Å². The summed E-state index contributed by atoms with van der Waals surface area (Å²) >= 11 is 3.55. The van der Waals surface area contributed by atoms with Gasteiger partial charge in [0, 0.05) is 11.0 Å². The summed E-state index contributed by atoms with van der Waals surface area (Å²) in [6.45, 7) is 2.11. The fraction of sp³-hybridized carbons (Fsp3) is 0.138. The predicted octanol–water partition coefficient (Wildman–Crippen LogP) is 6.85. The molecule has 1 N–H and O–H groups in total. The van der Waals surface area contributed by atoms with Crippen LogP contribution in [-0.4, -0.2) is 21.2 Å². The third kappa shape index (κ3) is 7.35. The number of anilines is 1. The maximum atomic E-state index is 13.4. The van der Waals surface area contributed by atoms with Crippen LogP contribution in [0.4, 0.5) is 10.1 Å². The molecule has 0 aliphatic heterocycles. The van der Waals surface area contributed by atoms with Gasteiger partial charge in [0.1, 0.15) is 5.82 Å². The molecule has 8 heteroatoms. The zero-order valence-electron chi connectivity index (χ0n) is 20.3. The maximum absolute atomic E-state index is 13.4. The van der Waals surface area contributed by atoms with E-state index in [4.69, 9.17) is 5.10 Å². The molecule has 0 aliphatic carbocycles. The highest BCUT2D eigenvalue weighted by Crippen LogP contribution is 2.31. The van der Waals surface area contributed by atoms with Crippen molar-refractivity contribution in [1.29, 1.82) is 0 Å². The lowest BCUT2D eigenvalue weighted by Crippen LogP contribution is -2.30. The first-order valence-electron chi connectivity index (χ1n) is 11.8. The number of hydrazone groups is 1. The molecule has 0 saturated carbocycles. The van der Waals surface area contributed by atoms with Crippen LogP contribution in [0.2, 0.25) is 0 Å². The van der Waals surface area contributed by atoms with Crippen molar-refractivity contribution in [3.63, 3.8) is 0 Å². The van der Waals surface area contributed by atoms with E-state index in [0.29, 0.717) is 6.42 Å². The fourth-order valence-electron chi connectivity index (χ4n) is 3.86. The number of nitrogens with one attached hydrogen (secondary N) is 1. The molecule has 4 aromatic carbocycles. The first kappa shape index (κ1) is 26.7. The maximum Gasteiger partial charge on any atom is 0.240 e. The topological polar surface area (TPSA) is 61.8 Å². The van der Waals surface area contributed by atoms with Gasteiger partial charge in [-0.1, -0.05) is 76.1 Å². The lowest BCUT2D eigenvalue weighted by atomic mass is 10.0. The van der Waals surface area contributed by atoms with E-state index in [1.807, 2.05) is 66.5 Å². The Morgan fingerprint density at radius 3 is 2.32 bits per heavy atom. The van der Waals surface area contributed by atoms with Crippen molar-refractivity contribution < 1.29 is 12.8 Å². The highest BCUT2D eigenvalue weighted by atomic mass is 79.9. The van der Waals surface area contributed by atoms with Crippen LogP contribution in [0.1, 0.15) is 29.2 Å². The highest BCUT2D eigenvalue weighted by molar-refractivity contribution is 9.10. The van der Waals surface area contributed by atoms with Crippen molar-refractivity contribution in [2.75, 3.05) is 11.6 Å². The normalized spacial score (nSPS) is 12.5. The fourth-order valence-corrected chi connectivity index (χ4v) is 5.32. The van der Waals surface area contributed by atoms with Crippen molar-refractivity contribution in [3.8, 4) is 0 Å². The molecular weight excluding hydrogens is 553 g/mol. The van der Waals surface area contributed by atoms with Crippen LogP contribution in [0.15, 0.2) is 118 Å². The average molecular weight is 581 g/mol. The van der Waals surface area contributed by atoms with E-state index in [0.717, 1.165) is 26.9 Å². The molecule has 4 aromatic rings. The minimum Gasteiger partial charge on any atom is -0.258 e. The Labute approximate surface area is 225 Å². The Kier molecular flexibility index (Phi) is 8.87. The summed E-state index contributed by atoms with van der Waals surface area (Å²) in [7, 11) is -3.66. The quantitative estimate of drug-likeness (QED) is 0.165. The molecule has 0 spiro atoms. The predicted molar refractivity (Wildman–Crippen MR) is 151 cm³/mol. The van der Waals surface area contributed by atoms with Gasteiger partial charge in [0.2, 0.25) is 10.0 Å². The Morgan fingerprint density at radius 1 is 0.946 bits per heavy atom. The molecule has 0 saturated heterocycles. The molecule has 0 heterocycles. The minimum atomic E-state index is -3.66. The van der Waals surface area contributed by atoms with Crippen LogP contribution < -0.4 is 9.73 Å². The number of sulfonamides is 1. The molecule has 37 heavy (non-hydrogen) atoms. The second-order valence-corrected chi connectivity index (χ2v) is 11.2. The summed E-state index contributed by atoms with van der Waals surface area (Å²) in [5.74, 6) is -0.315. The highest BCUT2D eigenvalue weighted by Gasteiger charge is 2.22. The summed E-state index contributed by atoms with van der Waals surface area (Å²) in [6, 6.07) is 30.1. The number of para-hydroxylation sites is 1. The molecule has 190 valence electrons. The summed E-state index contributed by atoms with van der Waals surface area (Å²) < 4.78 is 42.8. The summed E-state index contributed by atoms with van der Waals surface area (Å²) in [6.07, 6.45) is 2.12. The summed E-state index contributed by atoms with van der Waals surface area (Å²) in [5.41, 5.74) is 3.54. The van der Waals surface area contributed by atoms with E-state index in [1.165, 1.54) is 12.1 Å². The number of halogens is 2. The van der Waals surface area contributed by atoms with Crippen LogP contribution in [0.3, 0.4) is 0 Å². The van der Waals surface area contributed by atoms with Gasteiger partial charge in [-0.3, -0.25) is 5.01 Å². The van der Waals surface area contributed by atoms with Crippen LogP contribution in [0, 0.1) is 12.7 Å². The number of hydrogen-bond acceptors (Lipinski definition) is 4. The molecule has 5 nitrogen and oxygen atoms in total. The molecule has 1 atom stereocenters. The van der Waals surface area contributed by atoms with Gasteiger partial charge in [-0.15, -0.1) is 0 Å². The molecule has 0 amide bonds. The van der Waals surface area contributed by atoms with E-state index in [1.54, 1.807) is 42.6 Å². The zero-order valence-corrected chi connectivity index (χ0v) is 22.7. The number of benzene rings is 4. The van der Waals surface area contributed by atoms with E-state index in [-0.39, 0.29) is 23.3 Å². The molecule has 0 fully saturated rings. The molecule has 1 unspecified atom stereocenters. The largest absolute Gasteiger partial charge is 0.258 e. The van der Waals surface area contributed by atoms with E-state index in [9.17, 15) is 12.8 Å². The molecular formula is C29H27BrFN3O2S. The second kappa shape index (κ2) is 12.3. The number of rotatable bonds is 10. The van der Waals surface area contributed by atoms with Gasteiger partial charge in [-0.2, -0.15) is 5.10 Å². The van der Waals surface area contributed by atoms with E-state index < -0.39 is 10.0 Å². The van der Waals surface area contributed by atoms with Crippen molar-refractivity contribution in [3.05, 3.63) is 130 Å². The van der Waals surface area contributed by atoms with Crippen molar-refractivity contribution in [2.45, 2.75) is 24.3 Å². The van der Waals surface area contributed by atoms with Crippen molar-refractivity contribution >= 4 is 37.9 Å². The summed E-state index contributed by atoms with van der Waals surface area (Å²) in [4.78, 5) is 0.228. The van der Waals surface area contributed by atoms with Crippen molar-refractivity contribution in [1.82, 2.24) is 4.72 Å². The number of aryl methyl sites for hydroxylation is 1. The standard InChI is InChI=1S/C29H27BrFN3O2S/c1-22-10-16-28(17-11-22)37(35,36)33-19-18-29(24-6-5-7-25(30)20-24)34(27-8-3-2-4-9-27)32-21-23-12-14-26(31)15-13-23/h2-17,20-21,29,33H,18-19H2,1H3/b32-21+. The third-order valence-electron chi connectivity index (χ3n) is 5.79. The van der Waals surface area contributed by atoms with E-state index in [2.05, 4.69) is 20.7 Å². The van der Waals surface area contributed by atoms with Crippen molar-refractivity contribution in [2.24, 2.45) is 5.10 Å². The lowest BCUT2D eigenvalue weighted by Gasteiger charge is -2.30. The molecule has 0 aliphatic rings. The van der Waals surface area contributed by atoms with Gasteiger partial charge in [-0.05, 0) is 73.0 Å². The second-order valence-electron chi connectivity index (χ2n) is 8.55. The first-order chi connectivity index (χ1) is 17.8. The molecule has 0 aromatic heterocycles. The molecule has 4 rings (SSSR count). The lowest BCUT2D eigenvalue weighted by molar-refractivity contribution is 0.555. The van der Waals surface area contributed by atoms with Crippen LogP contribution in [0.25, 0.3) is 0 Å². The zero-order chi connectivity index (χ0) is 26.3. The Hall–Kier alpha value is -3.33. The summed E-state index contributed by atoms with van der Waals surface area (Å²) in [5, 5.41) is 6.64. The monoisotopic (exact) mass is 579 g/mol. The Balaban J connectivity index is 1.65. The number of hydrogen-bond donors (Lipinski definition) is 1. The van der Waals surface area contributed by atoms with Gasteiger partial charge < -0.3 is 0 Å². The van der Waals surface area contributed by atoms with Gasteiger partial charge in [0.25, 0.3) is 0 Å². The SMILES string of the molecule is Cc1ccc(S(=O)(=O)NCCC(c2cccc(Br)c2)N(/N=C/c2ccc(F)cc2)c2ccccc2)cc1. The Bertz CT molecular complexity index is 1440. The van der Waals surface area contributed by atoms with Crippen LogP contribution in [-0.2, 0) is 10.0 Å². The third-order valence-corrected chi connectivity index (χ3v) is 7.76. The number of nitrogens with zero attached hydrogens (tertiary/aromatic N) is 2. The van der Waals surface area contributed by atoms with E-state index >= 15 is 0 Å². The first-order valence-corrected chi connectivity index (χ1v) is 14.0. The molecule has 0 radical (unpaired) electrons. The Morgan fingerprint density at radius 2 is 1.65 bits per heavy atom. The van der Waals surface area contributed by atoms with Crippen LogP contribution >= 0.6 is 15.9 Å². The average Bonchev–Trinajstić information content (AvgIpc) is 2.89. The van der Waals surface area contributed by atoms with Gasteiger partial charge in [-0.25, -0.2) is 17.5 Å². The van der Waals surface area contributed by atoms with Gasteiger partial charge >= 0.3 is 0 Å². The minimum absolute atomic E-state index is 0.197. The molecule has 0 bridgehead atoms. The van der Waals surface area contributed by atoms with Gasteiger partial charge in [0.05, 0.1) is 22.8 Å². The van der Waals surface area contributed by atoms with Gasteiger partial charge in [0.15, 0.2) is 0 Å². The smallest absolute Gasteiger partial charge is 0.240 e.